The third-order valence-electron chi connectivity index (χ3n) is 4.08. The van der Waals surface area contributed by atoms with Gasteiger partial charge in [0.15, 0.2) is 5.96 Å². The fourth-order valence-electron chi connectivity index (χ4n) is 2.48. The number of rotatable bonds is 9. The van der Waals surface area contributed by atoms with E-state index in [0.717, 1.165) is 44.5 Å². The third-order valence-corrected chi connectivity index (χ3v) is 4.08. The van der Waals surface area contributed by atoms with Crippen LogP contribution in [-0.2, 0) is 9.47 Å². The van der Waals surface area contributed by atoms with E-state index in [4.69, 9.17) is 9.47 Å². The molecule has 2 rings (SSSR count). The predicted molar refractivity (Wildman–Crippen MR) is 87.1 cm³/mol. The number of guanidine groups is 1. The van der Waals surface area contributed by atoms with Crippen molar-refractivity contribution in [1.82, 2.24) is 10.6 Å². The second kappa shape index (κ2) is 8.70. The Morgan fingerprint density at radius 2 is 2.27 bits per heavy atom. The average Bonchev–Trinajstić information content (AvgIpc) is 3.22. The molecule has 2 fully saturated rings. The molecule has 6 nitrogen and oxygen atoms in total. The van der Waals surface area contributed by atoms with Crippen molar-refractivity contribution in [2.24, 2.45) is 10.9 Å². The normalized spacial score (nSPS) is 27.0. The van der Waals surface area contributed by atoms with E-state index < -0.39 is 6.10 Å². The number of ether oxygens (including phenoxy) is 2. The van der Waals surface area contributed by atoms with Crippen LogP contribution in [0, 0.1) is 5.92 Å². The van der Waals surface area contributed by atoms with Crippen LogP contribution in [0.2, 0.25) is 0 Å². The highest BCUT2D eigenvalue weighted by Crippen LogP contribution is 2.28. The summed E-state index contributed by atoms with van der Waals surface area (Å²) in [5.41, 5.74) is -0.145. The van der Waals surface area contributed by atoms with E-state index in [2.05, 4.69) is 22.5 Å². The van der Waals surface area contributed by atoms with Crippen LogP contribution >= 0.6 is 0 Å². The van der Waals surface area contributed by atoms with Crippen molar-refractivity contribution >= 4 is 5.96 Å². The zero-order valence-corrected chi connectivity index (χ0v) is 13.9. The molecule has 2 atom stereocenters. The van der Waals surface area contributed by atoms with Crippen LogP contribution < -0.4 is 10.6 Å². The molecular formula is C16H31N3O3. The van der Waals surface area contributed by atoms with E-state index in [-0.39, 0.29) is 5.60 Å². The largest absolute Gasteiger partial charge is 0.389 e. The van der Waals surface area contributed by atoms with Crippen LogP contribution in [0.4, 0.5) is 0 Å². The molecule has 2 aliphatic rings. The molecule has 0 aromatic rings. The van der Waals surface area contributed by atoms with Gasteiger partial charge in [-0.2, -0.15) is 0 Å². The van der Waals surface area contributed by atoms with Crippen molar-refractivity contribution in [3.8, 4) is 0 Å². The molecule has 2 unspecified atom stereocenters. The van der Waals surface area contributed by atoms with Crippen LogP contribution in [0.5, 0.6) is 0 Å². The van der Waals surface area contributed by atoms with Gasteiger partial charge in [0, 0.05) is 26.3 Å². The van der Waals surface area contributed by atoms with Crippen LogP contribution in [0.15, 0.2) is 4.99 Å². The average molecular weight is 313 g/mol. The number of nitrogens with zero attached hydrogens (tertiary/aromatic N) is 1. The smallest absolute Gasteiger partial charge is 0.191 e. The SMILES string of the molecule is CCNC(=NCC1(C)CCCO1)NCC(O)COCC1CC1. The molecule has 0 aromatic carbocycles. The Kier molecular flexibility index (Phi) is 6.92. The number of hydrogen-bond acceptors (Lipinski definition) is 4. The fraction of sp³-hybridized carbons (Fsp3) is 0.938. The Hall–Kier alpha value is -0.850. The number of aliphatic imine (C=N–C) groups is 1. The highest BCUT2D eigenvalue weighted by atomic mass is 16.5. The summed E-state index contributed by atoms with van der Waals surface area (Å²) < 4.78 is 11.2. The Labute approximate surface area is 133 Å². The lowest BCUT2D eigenvalue weighted by Crippen LogP contribution is -2.43. The van der Waals surface area contributed by atoms with Gasteiger partial charge in [0.2, 0.25) is 0 Å². The lowest BCUT2D eigenvalue weighted by Gasteiger charge is -2.22. The van der Waals surface area contributed by atoms with Crippen LogP contribution in [0.25, 0.3) is 0 Å². The number of aliphatic hydroxyl groups is 1. The van der Waals surface area contributed by atoms with Crippen LogP contribution in [-0.4, -0.2) is 62.2 Å². The van der Waals surface area contributed by atoms with Gasteiger partial charge in [0.1, 0.15) is 0 Å². The number of aliphatic hydroxyl groups excluding tert-OH is 1. The van der Waals surface area contributed by atoms with E-state index in [1.165, 1.54) is 12.8 Å². The summed E-state index contributed by atoms with van der Waals surface area (Å²) >= 11 is 0. The van der Waals surface area contributed by atoms with Crippen LogP contribution in [0.1, 0.15) is 39.5 Å². The van der Waals surface area contributed by atoms with Crippen molar-refractivity contribution in [3.63, 3.8) is 0 Å². The molecule has 3 N–H and O–H groups in total. The summed E-state index contributed by atoms with van der Waals surface area (Å²) in [7, 11) is 0. The summed E-state index contributed by atoms with van der Waals surface area (Å²) in [6.45, 7) is 7.98. The van der Waals surface area contributed by atoms with Crippen molar-refractivity contribution < 1.29 is 14.6 Å². The van der Waals surface area contributed by atoms with E-state index in [1.807, 2.05) is 6.92 Å². The third kappa shape index (κ3) is 6.50. The fourth-order valence-corrected chi connectivity index (χ4v) is 2.48. The van der Waals surface area contributed by atoms with E-state index in [0.29, 0.717) is 19.7 Å². The molecule has 1 saturated heterocycles. The molecule has 128 valence electrons. The minimum Gasteiger partial charge on any atom is -0.389 e. The minimum atomic E-state index is -0.513. The molecule has 6 heteroatoms. The topological polar surface area (TPSA) is 75.1 Å². The first kappa shape index (κ1) is 17.5. The Morgan fingerprint density at radius 1 is 1.45 bits per heavy atom. The molecule has 0 radical (unpaired) electrons. The van der Waals surface area contributed by atoms with Crippen molar-refractivity contribution in [2.75, 3.05) is 39.5 Å². The van der Waals surface area contributed by atoms with Gasteiger partial charge in [0.25, 0.3) is 0 Å². The van der Waals surface area contributed by atoms with Crippen molar-refractivity contribution in [1.29, 1.82) is 0 Å². The molecule has 0 amide bonds. The summed E-state index contributed by atoms with van der Waals surface area (Å²) in [6, 6.07) is 0. The summed E-state index contributed by atoms with van der Waals surface area (Å²) in [4.78, 5) is 4.58. The molecule has 1 aliphatic heterocycles. The maximum atomic E-state index is 9.94. The summed E-state index contributed by atoms with van der Waals surface area (Å²) in [5, 5.41) is 16.3. The molecule has 0 aromatic heterocycles. The maximum Gasteiger partial charge on any atom is 0.191 e. The summed E-state index contributed by atoms with van der Waals surface area (Å²) in [6.07, 6.45) is 4.18. The highest BCUT2D eigenvalue weighted by molar-refractivity contribution is 5.79. The van der Waals surface area contributed by atoms with Gasteiger partial charge >= 0.3 is 0 Å². The van der Waals surface area contributed by atoms with Crippen molar-refractivity contribution in [2.45, 2.75) is 51.2 Å². The molecule has 1 saturated carbocycles. The highest BCUT2D eigenvalue weighted by Gasteiger charge is 2.29. The quantitative estimate of drug-likeness (QED) is 0.435. The first-order valence-corrected chi connectivity index (χ1v) is 8.53. The first-order chi connectivity index (χ1) is 10.6. The van der Waals surface area contributed by atoms with Gasteiger partial charge in [-0.05, 0) is 45.4 Å². The molecule has 22 heavy (non-hydrogen) atoms. The second-order valence-corrected chi connectivity index (χ2v) is 6.61. The Balaban J connectivity index is 1.67. The van der Waals surface area contributed by atoms with Gasteiger partial charge in [-0.1, -0.05) is 0 Å². The van der Waals surface area contributed by atoms with Gasteiger partial charge in [-0.15, -0.1) is 0 Å². The minimum absolute atomic E-state index is 0.145. The first-order valence-electron chi connectivity index (χ1n) is 8.53. The standard InChI is InChI=1S/C16H31N3O3/c1-3-17-15(19-12-16(2)7-4-8-22-16)18-9-14(20)11-21-10-13-5-6-13/h13-14,20H,3-12H2,1-2H3,(H2,17,18,19). The number of hydrogen-bond donors (Lipinski definition) is 3. The molecule has 1 heterocycles. The summed E-state index contributed by atoms with van der Waals surface area (Å²) in [5.74, 6) is 1.45. The van der Waals surface area contributed by atoms with E-state index in [9.17, 15) is 5.11 Å². The predicted octanol–water partition coefficient (Wildman–Crippen LogP) is 0.898. The molecule has 0 bridgehead atoms. The van der Waals surface area contributed by atoms with Gasteiger partial charge in [-0.25, -0.2) is 0 Å². The Bertz CT molecular complexity index is 353. The second-order valence-electron chi connectivity index (χ2n) is 6.61. The van der Waals surface area contributed by atoms with Gasteiger partial charge in [0.05, 0.1) is 24.9 Å². The zero-order chi connectivity index (χ0) is 15.8. The molecule has 1 aliphatic carbocycles. The monoisotopic (exact) mass is 313 g/mol. The Morgan fingerprint density at radius 3 is 2.91 bits per heavy atom. The zero-order valence-electron chi connectivity index (χ0n) is 13.9. The van der Waals surface area contributed by atoms with E-state index in [1.54, 1.807) is 0 Å². The lowest BCUT2D eigenvalue weighted by molar-refractivity contribution is 0.0281. The number of nitrogens with one attached hydrogen (secondary N) is 2. The molecule has 0 spiro atoms. The van der Waals surface area contributed by atoms with Crippen molar-refractivity contribution in [3.05, 3.63) is 0 Å². The molecular weight excluding hydrogens is 282 g/mol. The van der Waals surface area contributed by atoms with Gasteiger partial charge < -0.3 is 25.2 Å². The van der Waals surface area contributed by atoms with Gasteiger partial charge in [-0.3, -0.25) is 4.99 Å². The maximum absolute atomic E-state index is 9.94. The van der Waals surface area contributed by atoms with E-state index >= 15 is 0 Å². The van der Waals surface area contributed by atoms with Crippen LogP contribution in [0.3, 0.4) is 0 Å². The lowest BCUT2D eigenvalue weighted by atomic mass is 10.0.